The van der Waals surface area contributed by atoms with E-state index in [1.165, 1.54) is 11.3 Å². The van der Waals surface area contributed by atoms with E-state index in [-0.39, 0.29) is 24.1 Å². The van der Waals surface area contributed by atoms with E-state index in [1.807, 2.05) is 6.07 Å². The van der Waals surface area contributed by atoms with Gasteiger partial charge in [0.15, 0.2) is 5.13 Å². The van der Waals surface area contributed by atoms with E-state index in [0.717, 1.165) is 10.4 Å². The van der Waals surface area contributed by atoms with Crippen LogP contribution in [0.3, 0.4) is 0 Å². The Balaban J connectivity index is 0.00000243. The van der Waals surface area contributed by atoms with Gasteiger partial charge in [-0.3, -0.25) is 4.79 Å². The van der Waals surface area contributed by atoms with Crippen molar-refractivity contribution >= 4 is 34.8 Å². The molecule has 142 valence electrons. The Morgan fingerprint density at radius 2 is 2.15 bits per heavy atom. The molecular weight excluding hydrogens is 377 g/mol. The summed E-state index contributed by atoms with van der Waals surface area (Å²) in [6.07, 6.45) is 3.55. The molecule has 1 fully saturated rings. The lowest BCUT2D eigenvalue weighted by molar-refractivity contribution is -0.130. The molecule has 3 rings (SSSR count). The zero-order chi connectivity index (χ0) is 17.9. The molecule has 1 aromatic heterocycles. The molecule has 1 aliphatic rings. The second-order valence-electron chi connectivity index (χ2n) is 6.44. The number of ether oxygens (including phenoxy) is 1. The number of benzene rings is 1. The Morgan fingerprint density at radius 1 is 1.42 bits per heavy atom. The summed E-state index contributed by atoms with van der Waals surface area (Å²) in [5, 5.41) is 3.44. The van der Waals surface area contributed by atoms with Crippen LogP contribution < -0.4 is 11.1 Å². The molecule has 0 spiro atoms. The van der Waals surface area contributed by atoms with Gasteiger partial charge in [-0.15, -0.1) is 23.7 Å². The number of rotatable bonds is 5. The van der Waals surface area contributed by atoms with Crippen LogP contribution in [0.2, 0.25) is 0 Å². The van der Waals surface area contributed by atoms with Gasteiger partial charge in [0.05, 0.1) is 5.41 Å². The summed E-state index contributed by atoms with van der Waals surface area (Å²) >= 11 is 1.40. The first-order chi connectivity index (χ1) is 12.0. The number of anilines is 1. The number of hydrogen-bond donors (Lipinski definition) is 2. The predicted molar refractivity (Wildman–Crippen MR) is 103 cm³/mol. The SMILES string of the molecule is Cc1ccc(Cc2cnc(NC(=O)C3(CN)CCOCC3)s2)cc1F.Cl. The fraction of sp³-hybridized carbons (Fsp3) is 0.444. The quantitative estimate of drug-likeness (QED) is 0.808. The molecule has 0 saturated carbocycles. The third-order valence-electron chi connectivity index (χ3n) is 4.71. The summed E-state index contributed by atoms with van der Waals surface area (Å²) in [5.41, 5.74) is 6.79. The van der Waals surface area contributed by atoms with E-state index in [1.54, 1.807) is 25.3 Å². The van der Waals surface area contributed by atoms with Crippen molar-refractivity contribution in [1.82, 2.24) is 4.98 Å². The van der Waals surface area contributed by atoms with E-state index in [2.05, 4.69) is 10.3 Å². The minimum Gasteiger partial charge on any atom is -0.381 e. The van der Waals surface area contributed by atoms with Gasteiger partial charge in [0, 0.05) is 37.3 Å². The average Bonchev–Trinajstić information content (AvgIpc) is 3.05. The molecule has 5 nitrogen and oxygen atoms in total. The van der Waals surface area contributed by atoms with E-state index in [0.29, 0.717) is 49.7 Å². The summed E-state index contributed by atoms with van der Waals surface area (Å²) < 4.78 is 19.0. The van der Waals surface area contributed by atoms with Gasteiger partial charge in [-0.25, -0.2) is 9.37 Å². The zero-order valence-corrected chi connectivity index (χ0v) is 16.2. The third-order valence-corrected chi connectivity index (χ3v) is 5.62. The minimum absolute atomic E-state index is 0. The summed E-state index contributed by atoms with van der Waals surface area (Å²) in [5.74, 6) is -0.305. The smallest absolute Gasteiger partial charge is 0.233 e. The van der Waals surface area contributed by atoms with E-state index in [9.17, 15) is 9.18 Å². The third kappa shape index (κ3) is 4.59. The van der Waals surface area contributed by atoms with Gasteiger partial charge in [-0.1, -0.05) is 12.1 Å². The van der Waals surface area contributed by atoms with E-state index in [4.69, 9.17) is 10.5 Å². The largest absolute Gasteiger partial charge is 0.381 e. The van der Waals surface area contributed by atoms with Crippen LogP contribution in [0, 0.1) is 18.2 Å². The number of aryl methyl sites for hydroxylation is 1. The number of amides is 1. The summed E-state index contributed by atoms with van der Waals surface area (Å²) in [4.78, 5) is 17.9. The maximum Gasteiger partial charge on any atom is 0.233 e. The lowest BCUT2D eigenvalue weighted by Crippen LogP contribution is -2.46. The number of carbonyl (C=O) groups is 1. The van der Waals surface area contributed by atoms with Crippen LogP contribution in [-0.2, 0) is 16.0 Å². The van der Waals surface area contributed by atoms with Crippen molar-refractivity contribution in [2.45, 2.75) is 26.2 Å². The lowest BCUT2D eigenvalue weighted by atomic mass is 9.79. The molecule has 2 heterocycles. The van der Waals surface area contributed by atoms with Crippen molar-refractivity contribution in [1.29, 1.82) is 0 Å². The lowest BCUT2D eigenvalue weighted by Gasteiger charge is -2.34. The van der Waals surface area contributed by atoms with Crippen LogP contribution >= 0.6 is 23.7 Å². The van der Waals surface area contributed by atoms with Gasteiger partial charge in [-0.2, -0.15) is 0 Å². The fourth-order valence-corrected chi connectivity index (χ4v) is 3.75. The molecular formula is C18H23ClFN3O2S. The number of nitrogens with one attached hydrogen (secondary N) is 1. The minimum atomic E-state index is -0.579. The second kappa shape index (κ2) is 8.90. The number of nitrogens with two attached hydrogens (primary N) is 1. The Kier molecular flexibility index (Phi) is 7.11. The molecule has 0 bridgehead atoms. The average molecular weight is 400 g/mol. The highest BCUT2D eigenvalue weighted by molar-refractivity contribution is 7.15. The van der Waals surface area contributed by atoms with E-state index >= 15 is 0 Å². The Morgan fingerprint density at radius 3 is 2.81 bits per heavy atom. The number of hydrogen-bond acceptors (Lipinski definition) is 5. The monoisotopic (exact) mass is 399 g/mol. The molecule has 3 N–H and O–H groups in total. The first-order valence-electron chi connectivity index (χ1n) is 8.31. The van der Waals surface area contributed by atoms with Crippen molar-refractivity contribution < 1.29 is 13.9 Å². The zero-order valence-electron chi connectivity index (χ0n) is 14.6. The van der Waals surface area contributed by atoms with Crippen molar-refractivity contribution in [3.63, 3.8) is 0 Å². The molecule has 0 radical (unpaired) electrons. The molecule has 0 atom stereocenters. The Labute approximate surface area is 162 Å². The molecule has 8 heteroatoms. The van der Waals surface area contributed by atoms with Crippen LogP contribution in [0.5, 0.6) is 0 Å². The number of aromatic nitrogens is 1. The second-order valence-corrected chi connectivity index (χ2v) is 7.56. The maximum atomic E-state index is 13.7. The van der Waals surface area contributed by atoms with Gasteiger partial charge in [0.2, 0.25) is 5.91 Å². The molecule has 1 aliphatic heterocycles. The molecule has 0 unspecified atom stereocenters. The number of nitrogens with zero attached hydrogens (tertiary/aromatic N) is 1. The predicted octanol–water partition coefficient (Wildman–Crippen LogP) is 3.30. The van der Waals surface area contributed by atoms with Gasteiger partial charge in [0.1, 0.15) is 5.82 Å². The highest BCUT2D eigenvalue weighted by Gasteiger charge is 2.39. The van der Waals surface area contributed by atoms with Crippen LogP contribution in [-0.4, -0.2) is 30.6 Å². The molecule has 26 heavy (non-hydrogen) atoms. The van der Waals surface area contributed by atoms with Crippen LogP contribution in [0.1, 0.15) is 28.8 Å². The highest BCUT2D eigenvalue weighted by Crippen LogP contribution is 2.32. The highest BCUT2D eigenvalue weighted by atomic mass is 35.5. The number of halogens is 2. The number of carbonyl (C=O) groups excluding carboxylic acids is 1. The standard InChI is InChI=1S/C18H22FN3O2S.ClH/c1-12-2-3-13(9-15(12)19)8-14-10-21-17(25-14)22-16(23)18(11-20)4-6-24-7-5-18;/h2-3,9-10H,4-8,11,20H2,1H3,(H,21,22,23);1H. The number of thiazole rings is 1. The molecule has 0 aliphatic carbocycles. The molecule has 1 saturated heterocycles. The van der Waals surface area contributed by atoms with Crippen molar-refractivity contribution in [2.24, 2.45) is 11.1 Å². The van der Waals surface area contributed by atoms with Crippen molar-refractivity contribution in [3.05, 3.63) is 46.2 Å². The van der Waals surface area contributed by atoms with Crippen molar-refractivity contribution in [2.75, 3.05) is 25.1 Å². The first kappa shape index (κ1) is 20.8. The topological polar surface area (TPSA) is 77.2 Å². The Hall–Kier alpha value is -1.54. The van der Waals surface area contributed by atoms with Gasteiger partial charge in [0.25, 0.3) is 0 Å². The van der Waals surface area contributed by atoms with Gasteiger partial charge in [-0.05, 0) is 37.0 Å². The van der Waals surface area contributed by atoms with Crippen LogP contribution in [0.15, 0.2) is 24.4 Å². The van der Waals surface area contributed by atoms with Gasteiger partial charge < -0.3 is 15.8 Å². The summed E-state index contributed by atoms with van der Waals surface area (Å²) in [6.45, 7) is 3.13. The normalized spacial score (nSPS) is 16.0. The maximum absolute atomic E-state index is 13.7. The van der Waals surface area contributed by atoms with Crippen molar-refractivity contribution in [3.8, 4) is 0 Å². The summed E-state index contributed by atoms with van der Waals surface area (Å²) in [7, 11) is 0. The van der Waals surface area contributed by atoms with Gasteiger partial charge >= 0.3 is 0 Å². The molecule has 2 aromatic rings. The Bertz CT molecular complexity index is 763. The first-order valence-corrected chi connectivity index (χ1v) is 9.13. The van der Waals surface area contributed by atoms with Crippen LogP contribution in [0.25, 0.3) is 0 Å². The molecule has 1 amide bonds. The van der Waals surface area contributed by atoms with Crippen LogP contribution in [0.4, 0.5) is 9.52 Å². The van der Waals surface area contributed by atoms with E-state index < -0.39 is 5.41 Å². The fourth-order valence-electron chi connectivity index (χ4n) is 2.91. The molecule has 1 aromatic carbocycles. The summed E-state index contributed by atoms with van der Waals surface area (Å²) in [6, 6.07) is 5.21.